The Kier molecular flexibility index (Phi) is 3.79. The lowest BCUT2D eigenvalue weighted by Gasteiger charge is -2.12. The van der Waals surface area contributed by atoms with E-state index in [4.69, 9.17) is 0 Å². The Balaban J connectivity index is 1.93. The third kappa shape index (κ3) is 2.86. The van der Waals surface area contributed by atoms with Crippen LogP contribution in [0.25, 0.3) is 0 Å². The van der Waals surface area contributed by atoms with E-state index in [-0.39, 0.29) is 11.9 Å². The van der Waals surface area contributed by atoms with Crippen molar-refractivity contribution in [3.05, 3.63) is 34.9 Å². The maximum atomic E-state index is 11.3. The van der Waals surface area contributed by atoms with Crippen molar-refractivity contribution in [2.24, 2.45) is 0 Å². The van der Waals surface area contributed by atoms with Crippen LogP contribution in [0.4, 0.5) is 0 Å². The highest BCUT2D eigenvalue weighted by molar-refractivity contribution is 5.80. The number of benzene rings is 1. The third-order valence-electron chi connectivity index (χ3n) is 3.41. The van der Waals surface area contributed by atoms with Crippen LogP contribution in [0.1, 0.15) is 30.0 Å². The number of amides is 1. The molecule has 1 aromatic rings. The van der Waals surface area contributed by atoms with Crippen molar-refractivity contribution in [2.75, 3.05) is 7.05 Å². The van der Waals surface area contributed by atoms with Gasteiger partial charge in [0.2, 0.25) is 5.91 Å². The van der Waals surface area contributed by atoms with Crippen LogP contribution in [0, 0.1) is 0 Å². The van der Waals surface area contributed by atoms with Crippen molar-refractivity contribution in [3.8, 4) is 0 Å². The minimum atomic E-state index is -0.145. The fraction of sp³-hybridized carbons (Fsp3) is 0.500. The number of carbonyl (C=O) groups excluding carboxylic acids is 1. The zero-order valence-corrected chi connectivity index (χ0v) is 10.5. The molecule has 0 radical (unpaired) electrons. The first kappa shape index (κ1) is 12.1. The molecular weight excluding hydrogens is 212 g/mol. The molecule has 1 unspecified atom stereocenters. The SMILES string of the molecule is CNC(=O)C(C)NCc1ccc2c(c1)CCC2. The minimum absolute atomic E-state index is 0.0335. The Morgan fingerprint density at radius 2 is 2.12 bits per heavy atom. The van der Waals surface area contributed by atoms with Crippen LogP contribution in [0.3, 0.4) is 0 Å². The number of fused-ring (bicyclic) bond motifs is 1. The predicted molar refractivity (Wildman–Crippen MR) is 68.8 cm³/mol. The lowest BCUT2D eigenvalue weighted by Crippen LogP contribution is -2.40. The Hall–Kier alpha value is -1.35. The Morgan fingerprint density at radius 1 is 1.35 bits per heavy atom. The first-order valence-electron chi connectivity index (χ1n) is 6.26. The van der Waals surface area contributed by atoms with Gasteiger partial charge in [-0.25, -0.2) is 0 Å². The van der Waals surface area contributed by atoms with Gasteiger partial charge in [0.15, 0.2) is 0 Å². The molecule has 0 spiro atoms. The zero-order chi connectivity index (χ0) is 12.3. The number of likely N-dealkylation sites (N-methyl/N-ethyl adjacent to an activating group) is 1. The molecule has 2 N–H and O–H groups in total. The first-order chi connectivity index (χ1) is 8.20. The molecule has 17 heavy (non-hydrogen) atoms. The van der Waals surface area contributed by atoms with Crippen LogP contribution < -0.4 is 10.6 Å². The summed E-state index contributed by atoms with van der Waals surface area (Å²) in [6, 6.07) is 6.51. The van der Waals surface area contributed by atoms with Crippen LogP contribution in [0.5, 0.6) is 0 Å². The minimum Gasteiger partial charge on any atom is -0.358 e. The number of rotatable bonds is 4. The van der Waals surface area contributed by atoms with Gasteiger partial charge in [0.1, 0.15) is 0 Å². The van der Waals surface area contributed by atoms with E-state index >= 15 is 0 Å². The third-order valence-corrected chi connectivity index (χ3v) is 3.41. The molecule has 0 aliphatic heterocycles. The number of carbonyl (C=O) groups is 1. The number of nitrogens with one attached hydrogen (secondary N) is 2. The maximum absolute atomic E-state index is 11.3. The molecule has 1 atom stereocenters. The summed E-state index contributed by atoms with van der Waals surface area (Å²) < 4.78 is 0. The summed E-state index contributed by atoms with van der Waals surface area (Å²) in [5, 5.41) is 5.87. The molecular formula is C14H20N2O. The molecule has 0 heterocycles. The van der Waals surface area contributed by atoms with Gasteiger partial charge >= 0.3 is 0 Å². The lowest BCUT2D eigenvalue weighted by molar-refractivity contribution is -0.122. The molecule has 2 rings (SSSR count). The second-order valence-electron chi connectivity index (χ2n) is 4.67. The summed E-state index contributed by atoms with van der Waals surface area (Å²) >= 11 is 0. The number of hydrogen-bond donors (Lipinski definition) is 2. The highest BCUT2D eigenvalue weighted by atomic mass is 16.2. The summed E-state index contributed by atoms with van der Waals surface area (Å²) in [7, 11) is 1.66. The van der Waals surface area contributed by atoms with Crippen LogP contribution in [-0.4, -0.2) is 19.0 Å². The quantitative estimate of drug-likeness (QED) is 0.824. The highest BCUT2D eigenvalue weighted by Gasteiger charge is 2.12. The monoisotopic (exact) mass is 232 g/mol. The van der Waals surface area contributed by atoms with Crippen molar-refractivity contribution < 1.29 is 4.79 Å². The van der Waals surface area contributed by atoms with Crippen molar-refractivity contribution in [2.45, 2.75) is 38.8 Å². The van der Waals surface area contributed by atoms with Crippen LogP contribution in [-0.2, 0) is 24.2 Å². The average Bonchev–Trinajstić information content (AvgIpc) is 2.82. The summed E-state index contributed by atoms with van der Waals surface area (Å²) in [6.07, 6.45) is 3.70. The summed E-state index contributed by atoms with van der Waals surface area (Å²) in [6.45, 7) is 2.63. The van der Waals surface area contributed by atoms with E-state index in [1.807, 2.05) is 6.92 Å². The van der Waals surface area contributed by atoms with E-state index in [9.17, 15) is 4.79 Å². The van der Waals surface area contributed by atoms with Crippen molar-refractivity contribution in [3.63, 3.8) is 0 Å². The molecule has 3 nitrogen and oxygen atoms in total. The summed E-state index contributed by atoms with van der Waals surface area (Å²) in [5.74, 6) is 0.0335. The van der Waals surface area contributed by atoms with Gasteiger partial charge in [0, 0.05) is 13.6 Å². The van der Waals surface area contributed by atoms with Gasteiger partial charge in [-0.15, -0.1) is 0 Å². The zero-order valence-electron chi connectivity index (χ0n) is 10.5. The van der Waals surface area contributed by atoms with E-state index in [2.05, 4.69) is 28.8 Å². The van der Waals surface area contributed by atoms with Gasteiger partial charge in [0.25, 0.3) is 0 Å². The molecule has 1 aliphatic rings. The highest BCUT2D eigenvalue weighted by Crippen LogP contribution is 2.22. The molecule has 3 heteroatoms. The second kappa shape index (κ2) is 5.32. The lowest BCUT2D eigenvalue weighted by atomic mass is 10.1. The van der Waals surface area contributed by atoms with E-state index in [1.165, 1.54) is 36.0 Å². The Morgan fingerprint density at radius 3 is 2.88 bits per heavy atom. The molecule has 0 bridgehead atoms. The molecule has 0 fully saturated rings. The fourth-order valence-corrected chi connectivity index (χ4v) is 2.32. The van der Waals surface area contributed by atoms with Gasteiger partial charge in [-0.05, 0) is 42.9 Å². The molecule has 0 saturated carbocycles. The van der Waals surface area contributed by atoms with Gasteiger partial charge in [-0.2, -0.15) is 0 Å². The van der Waals surface area contributed by atoms with E-state index in [0.717, 1.165) is 6.54 Å². The molecule has 1 aromatic carbocycles. The number of hydrogen-bond acceptors (Lipinski definition) is 2. The average molecular weight is 232 g/mol. The van der Waals surface area contributed by atoms with Crippen molar-refractivity contribution >= 4 is 5.91 Å². The topological polar surface area (TPSA) is 41.1 Å². The molecule has 92 valence electrons. The Bertz CT molecular complexity index is 415. The first-order valence-corrected chi connectivity index (χ1v) is 6.26. The van der Waals surface area contributed by atoms with Gasteiger partial charge in [-0.3, -0.25) is 4.79 Å². The van der Waals surface area contributed by atoms with Crippen LogP contribution in [0.15, 0.2) is 18.2 Å². The van der Waals surface area contributed by atoms with Gasteiger partial charge in [-0.1, -0.05) is 18.2 Å². The van der Waals surface area contributed by atoms with E-state index in [0.29, 0.717) is 0 Å². The van der Waals surface area contributed by atoms with E-state index < -0.39 is 0 Å². The molecule has 0 aromatic heterocycles. The van der Waals surface area contributed by atoms with Crippen LogP contribution >= 0.6 is 0 Å². The van der Waals surface area contributed by atoms with E-state index in [1.54, 1.807) is 7.05 Å². The number of aryl methyl sites for hydroxylation is 2. The second-order valence-corrected chi connectivity index (χ2v) is 4.67. The normalized spacial score (nSPS) is 15.4. The maximum Gasteiger partial charge on any atom is 0.236 e. The van der Waals surface area contributed by atoms with Gasteiger partial charge in [0.05, 0.1) is 6.04 Å². The largest absolute Gasteiger partial charge is 0.358 e. The van der Waals surface area contributed by atoms with Crippen LogP contribution in [0.2, 0.25) is 0 Å². The van der Waals surface area contributed by atoms with Gasteiger partial charge < -0.3 is 10.6 Å². The predicted octanol–water partition coefficient (Wildman–Crippen LogP) is 1.40. The Labute approximate surface area is 103 Å². The molecule has 0 saturated heterocycles. The van der Waals surface area contributed by atoms with Crippen molar-refractivity contribution in [1.82, 2.24) is 10.6 Å². The summed E-state index contributed by atoms with van der Waals surface area (Å²) in [5.41, 5.74) is 4.24. The molecule has 1 amide bonds. The summed E-state index contributed by atoms with van der Waals surface area (Å²) in [4.78, 5) is 11.3. The molecule has 1 aliphatic carbocycles. The smallest absolute Gasteiger partial charge is 0.236 e. The fourth-order valence-electron chi connectivity index (χ4n) is 2.32. The standard InChI is InChI=1S/C14H20N2O/c1-10(14(17)15-2)16-9-11-6-7-12-4-3-5-13(12)8-11/h6-8,10,16H,3-5,9H2,1-2H3,(H,15,17). The van der Waals surface area contributed by atoms with Crippen molar-refractivity contribution in [1.29, 1.82) is 0 Å².